The van der Waals surface area contributed by atoms with Crippen LogP contribution in [0.2, 0.25) is 0 Å². The molecule has 4 nitrogen and oxygen atoms in total. The van der Waals surface area contributed by atoms with E-state index in [1.807, 2.05) is 30.5 Å². The summed E-state index contributed by atoms with van der Waals surface area (Å²) in [7, 11) is 0. The molecule has 18 heavy (non-hydrogen) atoms. The first-order chi connectivity index (χ1) is 8.69. The second-order valence-corrected chi connectivity index (χ2v) is 4.45. The van der Waals surface area contributed by atoms with Crippen LogP contribution < -0.4 is 10.5 Å². The molecule has 0 fully saturated rings. The zero-order chi connectivity index (χ0) is 13.0. The lowest BCUT2D eigenvalue weighted by Gasteiger charge is -2.06. The van der Waals surface area contributed by atoms with E-state index in [-0.39, 0.29) is 5.84 Å². The first-order valence-corrected chi connectivity index (χ1v) is 6.54. The minimum absolute atomic E-state index is 0.0000177. The Morgan fingerprint density at radius 2 is 2.00 bits per heavy atom. The van der Waals surface area contributed by atoms with Gasteiger partial charge >= 0.3 is 0 Å². The van der Waals surface area contributed by atoms with E-state index in [0.29, 0.717) is 17.2 Å². The minimum atomic E-state index is -0.0000177. The normalized spacial score (nSPS) is 10.1. The van der Waals surface area contributed by atoms with Crippen LogP contribution in [0.1, 0.15) is 5.56 Å². The van der Waals surface area contributed by atoms with Crippen molar-refractivity contribution in [2.24, 2.45) is 5.73 Å². The van der Waals surface area contributed by atoms with E-state index in [2.05, 4.69) is 4.98 Å². The molecule has 0 radical (unpaired) electrons. The number of nitrogen functional groups attached to an aromatic ring is 1. The Balaban J connectivity index is 2.17. The first-order valence-electron chi connectivity index (χ1n) is 5.31. The third-order valence-corrected chi connectivity index (χ3v) is 3.07. The van der Waals surface area contributed by atoms with Gasteiger partial charge in [0.15, 0.2) is 0 Å². The second kappa shape index (κ2) is 5.55. The van der Waals surface area contributed by atoms with Crippen molar-refractivity contribution in [2.45, 2.75) is 4.90 Å². The van der Waals surface area contributed by atoms with E-state index in [0.717, 1.165) is 0 Å². The highest BCUT2D eigenvalue weighted by atomic mass is 32.2. The van der Waals surface area contributed by atoms with E-state index in [1.165, 1.54) is 4.90 Å². The van der Waals surface area contributed by atoms with E-state index in [9.17, 15) is 0 Å². The fraction of sp³-hybridized carbons (Fsp3) is 0.0769. The zero-order valence-corrected chi connectivity index (χ0v) is 10.7. The van der Waals surface area contributed by atoms with Gasteiger partial charge in [-0.25, -0.2) is 4.98 Å². The summed E-state index contributed by atoms with van der Waals surface area (Å²) in [6, 6.07) is 11.0. The maximum atomic E-state index is 7.36. The number of thioether (sulfide) groups is 1. The van der Waals surface area contributed by atoms with Gasteiger partial charge in [-0.1, -0.05) is 0 Å². The van der Waals surface area contributed by atoms with Gasteiger partial charge in [-0.3, -0.25) is 5.41 Å². The highest BCUT2D eigenvalue weighted by Crippen LogP contribution is 2.23. The number of amidine groups is 1. The number of hydrogen-bond acceptors (Lipinski definition) is 4. The first kappa shape index (κ1) is 12.4. The van der Waals surface area contributed by atoms with Crippen molar-refractivity contribution < 1.29 is 4.74 Å². The Morgan fingerprint density at radius 1 is 1.28 bits per heavy atom. The Hall–Kier alpha value is -2.01. The maximum Gasteiger partial charge on any atom is 0.219 e. The SMILES string of the molecule is CSc1ccc(Oc2cc(C(=N)N)ccn2)cc1. The second-order valence-electron chi connectivity index (χ2n) is 3.57. The predicted octanol–water partition coefficient (Wildman–Crippen LogP) is 2.88. The van der Waals surface area contributed by atoms with Crippen LogP contribution >= 0.6 is 11.8 Å². The Labute approximate surface area is 110 Å². The summed E-state index contributed by atoms with van der Waals surface area (Å²) in [6.45, 7) is 0. The maximum absolute atomic E-state index is 7.36. The van der Waals surface area contributed by atoms with Gasteiger partial charge in [-0.2, -0.15) is 0 Å². The standard InChI is InChI=1S/C13H13N3OS/c1-18-11-4-2-10(3-5-11)17-12-8-9(13(14)15)6-7-16-12/h2-8H,1H3,(H3,14,15). The number of hydrogen-bond donors (Lipinski definition) is 2. The van der Waals surface area contributed by atoms with Crippen LogP contribution in [0, 0.1) is 5.41 Å². The molecular weight excluding hydrogens is 246 g/mol. The number of nitrogens with zero attached hydrogens (tertiary/aromatic N) is 1. The summed E-state index contributed by atoms with van der Waals surface area (Å²) in [5.41, 5.74) is 6.01. The van der Waals surface area contributed by atoms with Gasteiger partial charge in [-0.15, -0.1) is 11.8 Å². The monoisotopic (exact) mass is 259 g/mol. The number of benzene rings is 1. The van der Waals surface area contributed by atoms with Crippen molar-refractivity contribution in [2.75, 3.05) is 6.26 Å². The van der Waals surface area contributed by atoms with Gasteiger partial charge in [0, 0.05) is 22.7 Å². The fourth-order valence-corrected chi connectivity index (χ4v) is 1.81. The molecule has 3 N–H and O–H groups in total. The number of nitrogens with two attached hydrogens (primary N) is 1. The van der Waals surface area contributed by atoms with Crippen molar-refractivity contribution in [3.05, 3.63) is 48.2 Å². The van der Waals surface area contributed by atoms with Gasteiger partial charge in [-0.05, 0) is 36.6 Å². The molecule has 0 amide bonds. The molecule has 0 aliphatic carbocycles. The van der Waals surface area contributed by atoms with Gasteiger partial charge in [0.25, 0.3) is 0 Å². The lowest BCUT2D eigenvalue weighted by atomic mass is 10.2. The minimum Gasteiger partial charge on any atom is -0.439 e. The molecule has 0 bridgehead atoms. The molecule has 0 saturated carbocycles. The molecule has 2 aromatic rings. The number of pyridine rings is 1. The summed E-state index contributed by atoms with van der Waals surface area (Å²) in [5, 5.41) is 7.36. The third-order valence-electron chi connectivity index (χ3n) is 2.33. The van der Waals surface area contributed by atoms with Crippen LogP contribution in [0.15, 0.2) is 47.5 Å². The van der Waals surface area contributed by atoms with Crippen molar-refractivity contribution in [1.82, 2.24) is 4.98 Å². The molecule has 2 rings (SSSR count). The molecule has 5 heteroatoms. The summed E-state index contributed by atoms with van der Waals surface area (Å²) in [4.78, 5) is 5.25. The average molecular weight is 259 g/mol. The molecule has 1 aromatic heterocycles. The van der Waals surface area contributed by atoms with Crippen LogP contribution in [0.3, 0.4) is 0 Å². The van der Waals surface area contributed by atoms with E-state index in [1.54, 1.807) is 30.1 Å². The van der Waals surface area contributed by atoms with Crippen molar-refractivity contribution in [1.29, 1.82) is 5.41 Å². The highest BCUT2D eigenvalue weighted by Gasteiger charge is 2.02. The topological polar surface area (TPSA) is 72.0 Å². The van der Waals surface area contributed by atoms with Crippen molar-refractivity contribution >= 4 is 17.6 Å². The molecule has 0 aliphatic rings. The summed E-state index contributed by atoms with van der Waals surface area (Å²) < 4.78 is 5.60. The number of aromatic nitrogens is 1. The average Bonchev–Trinajstić information content (AvgIpc) is 2.40. The van der Waals surface area contributed by atoms with Crippen LogP contribution in [0.5, 0.6) is 11.6 Å². The Bertz CT molecular complexity index is 554. The zero-order valence-electron chi connectivity index (χ0n) is 9.88. The van der Waals surface area contributed by atoms with Gasteiger partial charge in [0.05, 0.1) is 0 Å². The van der Waals surface area contributed by atoms with Gasteiger partial charge in [0.1, 0.15) is 11.6 Å². The van der Waals surface area contributed by atoms with E-state index >= 15 is 0 Å². The molecule has 0 atom stereocenters. The Kier molecular flexibility index (Phi) is 3.84. The Morgan fingerprint density at radius 3 is 2.61 bits per heavy atom. The van der Waals surface area contributed by atoms with E-state index < -0.39 is 0 Å². The summed E-state index contributed by atoms with van der Waals surface area (Å²) >= 11 is 1.67. The van der Waals surface area contributed by atoms with Crippen LogP contribution in [-0.4, -0.2) is 17.1 Å². The fourth-order valence-electron chi connectivity index (χ4n) is 1.40. The number of ether oxygens (including phenoxy) is 1. The summed E-state index contributed by atoms with van der Waals surface area (Å²) in [6.07, 6.45) is 3.59. The van der Waals surface area contributed by atoms with Crippen molar-refractivity contribution in [3.63, 3.8) is 0 Å². The molecule has 92 valence electrons. The lowest BCUT2D eigenvalue weighted by molar-refractivity contribution is 0.462. The predicted molar refractivity (Wildman–Crippen MR) is 73.6 cm³/mol. The molecule has 0 spiro atoms. The molecule has 0 aliphatic heterocycles. The molecule has 1 aromatic carbocycles. The third kappa shape index (κ3) is 3.01. The quantitative estimate of drug-likeness (QED) is 0.503. The number of nitrogens with one attached hydrogen (secondary N) is 1. The molecule has 0 unspecified atom stereocenters. The van der Waals surface area contributed by atoms with Crippen LogP contribution in [0.25, 0.3) is 0 Å². The van der Waals surface area contributed by atoms with Gasteiger partial charge < -0.3 is 10.5 Å². The summed E-state index contributed by atoms with van der Waals surface area (Å²) in [5.74, 6) is 1.14. The largest absolute Gasteiger partial charge is 0.439 e. The van der Waals surface area contributed by atoms with Gasteiger partial charge in [0.2, 0.25) is 5.88 Å². The van der Waals surface area contributed by atoms with E-state index in [4.69, 9.17) is 15.9 Å². The smallest absolute Gasteiger partial charge is 0.219 e. The van der Waals surface area contributed by atoms with Crippen LogP contribution in [0.4, 0.5) is 0 Å². The lowest BCUT2D eigenvalue weighted by Crippen LogP contribution is -2.11. The molecule has 1 heterocycles. The highest BCUT2D eigenvalue weighted by molar-refractivity contribution is 7.98. The molecule has 0 saturated heterocycles. The van der Waals surface area contributed by atoms with Crippen molar-refractivity contribution in [3.8, 4) is 11.6 Å². The molecular formula is C13H13N3OS. The number of rotatable bonds is 4. The van der Waals surface area contributed by atoms with Crippen LogP contribution in [-0.2, 0) is 0 Å².